The molecule has 0 unspecified atom stereocenters. The number of benzene rings is 1. The van der Waals surface area contributed by atoms with E-state index in [-0.39, 0.29) is 11.1 Å². The van der Waals surface area contributed by atoms with Gasteiger partial charge in [-0.3, -0.25) is 0 Å². The third-order valence-electron chi connectivity index (χ3n) is 2.42. The van der Waals surface area contributed by atoms with Crippen LogP contribution in [0.5, 0.6) is 0 Å². The van der Waals surface area contributed by atoms with E-state index in [0.717, 1.165) is 0 Å². The van der Waals surface area contributed by atoms with Crippen LogP contribution in [0.15, 0.2) is 12.1 Å². The largest absolute Gasteiger partial charge is 0.478 e. The first-order chi connectivity index (χ1) is 9.65. The Morgan fingerprint density at radius 1 is 1.19 bits per heavy atom. The van der Waals surface area contributed by atoms with Crippen molar-refractivity contribution >= 4 is 23.5 Å². The highest BCUT2D eigenvalue weighted by molar-refractivity contribution is 6.32. The van der Waals surface area contributed by atoms with Crippen LogP contribution in [0.1, 0.15) is 67.8 Å². The van der Waals surface area contributed by atoms with E-state index in [2.05, 4.69) is 0 Å². The molecule has 0 radical (unpaired) electrons. The number of carbonyl (C=O) groups is 2. The van der Waals surface area contributed by atoms with Crippen molar-refractivity contribution in [3.8, 4) is 0 Å². The van der Waals surface area contributed by atoms with Gasteiger partial charge in [0.25, 0.3) is 0 Å². The highest BCUT2D eigenvalue weighted by Gasteiger charge is 2.24. The predicted molar refractivity (Wildman–Crippen MR) is 84.3 cm³/mol. The Morgan fingerprint density at radius 3 is 2.10 bits per heavy atom. The van der Waals surface area contributed by atoms with Crippen LogP contribution in [0.3, 0.4) is 0 Å². The molecule has 0 saturated heterocycles. The lowest BCUT2D eigenvalue weighted by molar-refractivity contribution is 0.00657. The highest BCUT2D eigenvalue weighted by atomic mass is 35.5. The van der Waals surface area contributed by atoms with Crippen LogP contribution in [0.4, 0.5) is 0 Å². The zero-order chi connectivity index (χ0) is 16.8. The smallest absolute Gasteiger partial charge is 0.339 e. The van der Waals surface area contributed by atoms with Gasteiger partial charge < -0.3 is 9.84 Å². The number of hydrogen-bond donors (Lipinski definition) is 1. The highest BCUT2D eigenvalue weighted by Crippen LogP contribution is 2.24. The van der Waals surface area contributed by atoms with Crippen LogP contribution in [0, 0.1) is 0 Å². The van der Waals surface area contributed by atoms with Crippen LogP contribution in [0.2, 0.25) is 5.02 Å². The van der Waals surface area contributed by atoms with Gasteiger partial charge in [0.05, 0.1) is 11.1 Å². The number of carbonyl (C=O) groups excluding carboxylic acids is 1. The Morgan fingerprint density at radius 2 is 1.71 bits per heavy atom. The third kappa shape index (κ3) is 5.76. The standard InChI is InChI=1S/C14H17ClO4.C2H6/c1-5-8-6-10(13(18)19-14(2,3)4)9(12(16)17)7-11(8)15;1-2/h6-7H,5H2,1-4H3,(H,16,17);1-2H3. The number of halogens is 1. The quantitative estimate of drug-likeness (QED) is 0.829. The molecule has 0 bridgehead atoms. The minimum Gasteiger partial charge on any atom is -0.478 e. The number of rotatable bonds is 3. The summed E-state index contributed by atoms with van der Waals surface area (Å²) in [6, 6.07) is 2.78. The van der Waals surface area contributed by atoms with E-state index in [4.69, 9.17) is 21.4 Å². The van der Waals surface area contributed by atoms with E-state index >= 15 is 0 Å². The number of esters is 1. The Hall–Kier alpha value is -1.55. The molecule has 21 heavy (non-hydrogen) atoms. The zero-order valence-corrected chi connectivity index (χ0v) is 14.2. The van der Waals surface area contributed by atoms with Crippen LogP contribution in [-0.4, -0.2) is 22.6 Å². The van der Waals surface area contributed by atoms with Gasteiger partial charge in [0, 0.05) is 5.02 Å². The molecule has 4 nitrogen and oxygen atoms in total. The second kappa shape index (κ2) is 8.03. The minimum absolute atomic E-state index is 0.0312. The molecular weight excluding hydrogens is 292 g/mol. The van der Waals surface area contributed by atoms with Crippen LogP contribution in [0.25, 0.3) is 0 Å². The van der Waals surface area contributed by atoms with E-state index in [9.17, 15) is 9.59 Å². The van der Waals surface area contributed by atoms with Gasteiger partial charge >= 0.3 is 11.9 Å². The molecule has 5 heteroatoms. The van der Waals surface area contributed by atoms with Crippen LogP contribution < -0.4 is 0 Å². The molecule has 0 spiro atoms. The first-order valence-corrected chi connectivity index (χ1v) is 7.32. The third-order valence-corrected chi connectivity index (χ3v) is 2.77. The molecule has 1 aromatic rings. The molecule has 0 aromatic heterocycles. The molecule has 1 aromatic carbocycles. The molecule has 118 valence electrons. The van der Waals surface area contributed by atoms with Crippen LogP contribution >= 0.6 is 11.6 Å². The van der Waals surface area contributed by atoms with Gasteiger partial charge in [0.2, 0.25) is 0 Å². The van der Waals surface area contributed by atoms with Gasteiger partial charge in [-0.25, -0.2) is 9.59 Å². The Kier molecular flexibility index (Phi) is 7.44. The second-order valence-corrected chi connectivity index (χ2v) is 5.56. The minimum atomic E-state index is -1.20. The van der Waals surface area contributed by atoms with E-state index in [1.54, 1.807) is 20.8 Å². The van der Waals surface area contributed by atoms with Crippen molar-refractivity contribution in [2.24, 2.45) is 0 Å². The molecule has 0 aliphatic carbocycles. The number of hydrogen-bond acceptors (Lipinski definition) is 3. The SMILES string of the molecule is CC.CCc1cc(C(=O)OC(C)(C)C)c(C(=O)O)cc1Cl. The fraction of sp³-hybridized carbons (Fsp3) is 0.500. The van der Waals surface area contributed by atoms with Gasteiger partial charge in [-0.2, -0.15) is 0 Å². The average Bonchev–Trinajstić information content (AvgIpc) is 2.38. The lowest BCUT2D eigenvalue weighted by Crippen LogP contribution is -2.25. The summed E-state index contributed by atoms with van der Waals surface area (Å²) in [6.07, 6.45) is 0.606. The fourth-order valence-corrected chi connectivity index (χ4v) is 1.87. The van der Waals surface area contributed by atoms with Crippen molar-refractivity contribution in [3.63, 3.8) is 0 Å². The molecule has 0 aliphatic heterocycles. The fourth-order valence-electron chi connectivity index (χ4n) is 1.57. The van der Waals surface area contributed by atoms with E-state index in [0.29, 0.717) is 17.0 Å². The Balaban J connectivity index is 0.00000191. The summed E-state index contributed by atoms with van der Waals surface area (Å²) in [6.45, 7) is 11.0. The number of carboxylic acids is 1. The van der Waals surface area contributed by atoms with Crippen molar-refractivity contribution in [1.29, 1.82) is 0 Å². The van der Waals surface area contributed by atoms with Gasteiger partial charge in [0.1, 0.15) is 5.60 Å². The summed E-state index contributed by atoms with van der Waals surface area (Å²) in [5, 5.41) is 9.47. The van der Waals surface area contributed by atoms with Crippen molar-refractivity contribution in [3.05, 3.63) is 33.8 Å². The average molecular weight is 315 g/mol. The molecule has 0 saturated carbocycles. The maximum Gasteiger partial charge on any atom is 0.339 e. The predicted octanol–water partition coefficient (Wildman–Crippen LogP) is 4.58. The van der Waals surface area contributed by atoms with Crippen molar-refractivity contribution < 1.29 is 19.4 Å². The second-order valence-electron chi connectivity index (χ2n) is 5.15. The first-order valence-electron chi connectivity index (χ1n) is 6.94. The summed E-state index contributed by atoms with van der Waals surface area (Å²) < 4.78 is 5.21. The van der Waals surface area contributed by atoms with E-state index in [1.807, 2.05) is 20.8 Å². The van der Waals surface area contributed by atoms with E-state index in [1.165, 1.54) is 12.1 Å². The molecule has 1 N–H and O–H groups in total. The zero-order valence-electron chi connectivity index (χ0n) is 13.4. The lowest BCUT2D eigenvalue weighted by Gasteiger charge is -2.20. The summed E-state index contributed by atoms with van der Waals surface area (Å²) >= 11 is 5.97. The molecule has 0 amide bonds. The van der Waals surface area contributed by atoms with Gasteiger partial charge in [-0.15, -0.1) is 0 Å². The number of carboxylic acid groups (broad SMARTS) is 1. The number of ether oxygens (including phenoxy) is 1. The summed E-state index contributed by atoms with van der Waals surface area (Å²) in [5.74, 6) is -1.86. The molecule has 1 rings (SSSR count). The van der Waals surface area contributed by atoms with Gasteiger partial charge in [-0.05, 0) is 44.9 Å². The van der Waals surface area contributed by atoms with Crippen LogP contribution in [-0.2, 0) is 11.2 Å². The van der Waals surface area contributed by atoms with Crippen molar-refractivity contribution in [2.75, 3.05) is 0 Å². The normalized spacial score (nSPS) is 10.4. The maximum atomic E-state index is 12.0. The topological polar surface area (TPSA) is 63.6 Å². The monoisotopic (exact) mass is 314 g/mol. The number of aryl methyl sites for hydroxylation is 1. The Bertz CT molecular complexity index is 516. The van der Waals surface area contributed by atoms with Crippen molar-refractivity contribution in [1.82, 2.24) is 0 Å². The summed E-state index contributed by atoms with van der Waals surface area (Å²) in [7, 11) is 0. The van der Waals surface area contributed by atoms with E-state index < -0.39 is 17.5 Å². The molecular formula is C16H23ClO4. The maximum absolute atomic E-state index is 12.0. The molecule has 0 fully saturated rings. The molecule has 0 heterocycles. The number of aromatic carboxylic acids is 1. The molecule has 0 atom stereocenters. The summed E-state index contributed by atoms with van der Waals surface area (Å²) in [5.41, 5.74) is -0.0774. The summed E-state index contributed by atoms with van der Waals surface area (Å²) in [4.78, 5) is 23.2. The first kappa shape index (κ1) is 19.4. The van der Waals surface area contributed by atoms with Crippen molar-refractivity contribution in [2.45, 2.75) is 53.6 Å². The lowest BCUT2D eigenvalue weighted by atomic mass is 10.0. The van der Waals surface area contributed by atoms with Gasteiger partial charge in [0.15, 0.2) is 0 Å². The Labute approximate surface area is 131 Å². The van der Waals surface area contributed by atoms with Gasteiger partial charge in [-0.1, -0.05) is 32.4 Å². The molecule has 0 aliphatic rings.